The topological polar surface area (TPSA) is 81.5 Å². The molecule has 0 unspecified atom stereocenters. The quantitative estimate of drug-likeness (QED) is 0.341. The highest BCUT2D eigenvalue weighted by Crippen LogP contribution is 2.25. The minimum absolute atomic E-state index is 0.230. The van der Waals surface area contributed by atoms with Crippen LogP contribution in [0.15, 0.2) is 58.5 Å². The molecule has 4 aromatic rings. The summed E-state index contributed by atoms with van der Waals surface area (Å²) < 4.78 is 12.6. The van der Waals surface area contributed by atoms with Gasteiger partial charge >= 0.3 is 0 Å². The second-order valence-electron chi connectivity index (χ2n) is 6.48. The molecule has 0 spiro atoms. The average Bonchev–Trinajstić information content (AvgIpc) is 3.12. The van der Waals surface area contributed by atoms with Crippen LogP contribution in [0.4, 0.5) is 0 Å². The van der Waals surface area contributed by atoms with Gasteiger partial charge in [-0.2, -0.15) is 0 Å². The van der Waals surface area contributed by atoms with E-state index in [1.54, 1.807) is 17.7 Å². The lowest BCUT2D eigenvalue weighted by Gasteiger charge is -2.10. The molecule has 0 radical (unpaired) electrons. The van der Waals surface area contributed by atoms with E-state index in [1.165, 1.54) is 17.8 Å². The molecule has 7 nitrogen and oxygen atoms in total. The lowest BCUT2D eigenvalue weighted by Crippen LogP contribution is -2.07. The van der Waals surface area contributed by atoms with E-state index in [0.29, 0.717) is 34.0 Å². The molecule has 9 heteroatoms. The van der Waals surface area contributed by atoms with Crippen LogP contribution in [0.1, 0.15) is 5.56 Å². The Labute approximate surface area is 182 Å². The minimum Gasteiger partial charge on any atom is -0.497 e. The number of halogens is 1. The zero-order valence-corrected chi connectivity index (χ0v) is 18.0. The van der Waals surface area contributed by atoms with Gasteiger partial charge < -0.3 is 9.47 Å². The normalized spacial score (nSPS) is 11.0. The first-order chi connectivity index (χ1) is 14.5. The van der Waals surface area contributed by atoms with Gasteiger partial charge in [-0.1, -0.05) is 23.4 Å². The monoisotopic (exact) mass is 442 g/mol. The number of nitrogens with one attached hydrogen (secondary N) is 1. The first-order valence-electron chi connectivity index (χ1n) is 9.19. The van der Waals surface area contributed by atoms with E-state index >= 15 is 0 Å². The van der Waals surface area contributed by atoms with Crippen molar-refractivity contribution in [2.75, 3.05) is 19.5 Å². The van der Waals surface area contributed by atoms with E-state index in [9.17, 15) is 4.79 Å². The van der Waals surface area contributed by atoms with Crippen LogP contribution in [0.2, 0.25) is 5.02 Å². The van der Waals surface area contributed by atoms with E-state index < -0.39 is 0 Å². The number of rotatable bonds is 7. The molecule has 0 saturated heterocycles. The number of aromatic nitrogens is 4. The van der Waals surface area contributed by atoms with Gasteiger partial charge in [-0.25, -0.2) is 14.5 Å². The fourth-order valence-electron chi connectivity index (χ4n) is 2.91. The smallest absolute Gasteiger partial charge is 0.266 e. The van der Waals surface area contributed by atoms with Gasteiger partial charge in [0.25, 0.3) is 5.56 Å². The second kappa shape index (κ2) is 8.81. The number of thioether (sulfide) groups is 1. The molecule has 0 saturated carbocycles. The van der Waals surface area contributed by atoms with Gasteiger partial charge in [-0.3, -0.25) is 9.89 Å². The molecule has 0 atom stereocenters. The van der Waals surface area contributed by atoms with Crippen LogP contribution in [0.25, 0.3) is 17.0 Å². The molecule has 2 aromatic heterocycles. The van der Waals surface area contributed by atoms with Crippen molar-refractivity contribution in [1.29, 1.82) is 0 Å². The zero-order valence-electron chi connectivity index (χ0n) is 16.4. The van der Waals surface area contributed by atoms with Crippen molar-refractivity contribution in [3.63, 3.8) is 0 Å². The zero-order chi connectivity index (χ0) is 21.1. The number of hydrogen-bond acceptors (Lipinski definition) is 6. The van der Waals surface area contributed by atoms with Gasteiger partial charge in [0.1, 0.15) is 11.5 Å². The lowest BCUT2D eigenvalue weighted by molar-refractivity contribution is 0.341. The molecule has 2 heterocycles. The summed E-state index contributed by atoms with van der Waals surface area (Å²) in [6.07, 6.45) is 0. The van der Waals surface area contributed by atoms with Crippen molar-refractivity contribution in [3.8, 4) is 22.9 Å². The Balaban J connectivity index is 1.54. The minimum atomic E-state index is -0.230. The first kappa shape index (κ1) is 20.3. The van der Waals surface area contributed by atoms with Crippen molar-refractivity contribution in [3.05, 3.63) is 69.5 Å². The molecule has 154 valence electrons. The number of fused-ring (bicyclic) bond motifs is 1. The molecule has 4 rings (SSSR count). The van der Waals surface area contributed by atoms with Crippen LogP contribution in [-0.4, -0.2) is 39.1 Å². The molecule has 0 bridgehead atoms. The van der Waals surface area contributed by atoms with E-state index in [-0.39, 0.29) is 5.56 Å². The highest BCUT2D eigenvalue weighted by atomic mass is 35.5. The number of benzene rings is 2. The van der Waals surface area contributed by atoms with Crippen LogP contribution in [0.3, 0.4) is 0 Å². The summed E-state index contributed by atoms with van der Waals surface area (Å²) in [4.78, 5) is 21.0. The molecular formula is C21H19ClN4O3S. The maximum atomic E-state index is 11.8. The van der Waals surface area contributed by atoms with Gasteiger partial charge in [0, 0.05) is 22.4 Å². The summed E-state index contributed by atoms with van der Waals surface area (Å²) in [7, 11) is 1.62. The Morgan fingerprint density at radius 1 is 1.13 bits per heavy atom. The van der Waals surface area contributed by atoms with E-state index in [1.807, 2.05) is 43.3 Å². The molecule has 0 aliphatic heterocycles. The van der Waals surface area contributed by atoms with Crippen molar-refractivity contribution >= 4 is 29.0 Å². The van der Waals surface area contributed by atoms with Crippen LogP contribution in [0, 0.1) is 6.92 Å². The first-order valence-corrected chi connectivity index (χ1v) is 10.6. The number of hydrogen-bond donors (Lipinski definition) is 1. The van der Waals surface area contributed by atoms with E-state index in [4.69, 9.17) is 21.1 Å². The van der Waals surface area contributed by atoms with Gasteiger partial charge in [-0.05, 0) is 55.0 Å². The standard InChI is InChI=1S/C21H19ClN4O3S/c1-13-11-15(22)5-8-17(13)29-9-10-30-21-24-20(14-3-6-16(28-2)7-4-14)23-18-12-19(27)25-26(18)21/h3-8,11-12H,9-10H2,1-2H3,(H,25,27). The Morgan fingerprint density at radius 2 is 1.93 bits per heavy atom. The summed E-state index contributed by atoms with van der Waals surface area (Å²) >= 11 is 7.46. The third kappa shape index (κ3) is 4.44. The fraction of sp³-hybridized carbons (Fsp3) is 0.190. The number of H-pyrrole nitrogens is 1. The van der Waals surface area contributed by atoms with Gasteiger partial charge in [0.05, 0.1) is 13.7 Å². The Bertz CT molecular complexity index is 1240. The van der Waals surface area contributed by atoms with Crippen LogP contribution < -0.4 is 15.0 Å². The number of ether oxygens (including phenoxy) is 2. The second-order valence-corrected chi connectivity index (χ2v) is 7.98. The van der Waals surface area contributed by atoms with Gasteiger partial charge in [-0.15, -0.1) is 0 Å². The van der Waals surface area contributed by atoms with Crippen molar-refractivity contribution in [1.82, 2.24) is 19.6 Å². The van der Waals surface area contributed by atoms with Crippen LogP contribution in [-0.2, 0) is 0 Å². The van der Waals surface area contributed by atoms with Gasteiger partial charge in [0.15, 0.2) is 16.6 Å². The molecule has 1 N–H and O–H groups in total. The third-order valence-electron chi connectivity index (χ3n) is 4.38. The molecule has 0 aliphatic rings. The molecule has 2 aromatic carbocycles. The van der Waals surface area contributed by atoms with Crippen LogP contribution in [0.5, 0.6) is 11.5 Å². The van der Waals surface area contributed by atoms with E-state index in [0.717, 1.165) is 22.6 Å². The van der Waals surface area contributed by atoms with Crippen molar-refractivity contribution in [2.24, 2.45) is 0 Å². The molecule has 0 fully saturated rings. The maximum Gasteiger partial charge on any atom is 0.266 e. The maximum absolute atomic E-state index is 11.8. The Hall–Kier alpha value is -2.97. The SMILES string of the molecule is COc1ccc(-c2nc(SCCOc3ccc(Cl)cc3C)n3[nH]c(=O)cc3n2)cc1. The predicted octanol–water partition coefficient (Wildman–Crippen LogP) is 4.23. The van der Waals surface area contributed by atoms with Crippen molar-refractivity contribution in [2.45, 2.75) is 12.1 Å². The molecule has 0 amide bonds. The summed E-state index contributed by atoms with van der Waals surface area (Å²) in [5.74, 6) is 2.72. The summed E-state index contributed by atoms with van der Waals surface area (Å²) in [6.45, 7) is 2.43. The molecule has 0 aliphatic carbocycles. The highest BCUT2D eigenvalue weighted by molar-refractivity contribution is 7.99. The van der Waals surface area contributed by atoms with Gasteiger partial charge in [0.2, 0.25) is 0 Å². The Morgan fingerprint density at radius 3 is 2.67 bits per heavy atom. The summed E-state index contributed by atoms with van der Waals surface area (Å²) in [6, 6.07) is 14.4. The number of aromatic amines is 1. The number of methoxy groups -OCH3 is 1. The molecule has 30 heavy (non-hydrogen) atoms. The fourth-order valence-corrected chi connectivity index (χ4v) is 3.90. The third-order valence-corrected chi connectivity index (χ3v) is 5.52. The predicted molar refractivity (Wildman–Crippen MR) is 118 cm³/mol. The highest BCUT2D eigenvalue weighted by Gasteiger charge is 2.12. The molecular weight excluding hydrogens is 424 g/mol. The van der Waals surface area contributed by atoms with Crippen LogP contribution >= 0.6 is 23.4 Å². The number of nitrogens with zero attached hydrogens (tertiary/aromatic N) is 3. The summed E-state index contributed by atoms with van der Waals surface area (Å²) in [5, 5.41) is 4.05. The largest absolute Gasteiger partial charge is 0.497 e. The summed E-state index contributed by atoms with van der Waals surface area (Å²) in [5.41, 5.74) is 2.10. The average molecular weight is 443 g/mol. The number of aryl methyl sites for hydroxylation is 1. The van der Waals surface area contributed by atoms with Crippen molar-refractivity contribution < 1.29 is 9.47 Å². The van der Waals surface area contributed by atoms with E-state index in [2.05, 4.69) is 15.1 Å². The Kier molecular flexibility index (Phi) is 5.96. The lowest BCUT2D eigenvalue weighted by atomic mass is 10.2.